The fourth-order valence-corrected chi connectivity index (χ4v) is 5.71. The fraction of sp³-hybridized carbons (Fsp3) is 0.550. The molecule has 0 aromatic carbocycles. The summed E-state index contributed by atoms with van der Waals surface area (Å²) in [6.45, 7) is 2.92. The van der Waals surface area contributed by atoms with Gasteiger partial charge in [0.25, 0.3) is 0 Å². The quantitative estimate of drug-likeness (QED) is 0.651. The van der Waals surface area contributed by atoms with Crippen LogP contribution in [-0.4, -0.2) is 56.3 Å². The molecule has 1 N–H and O–H groups in total. The Kier molecular flexibility index (Phi) is 5.66. The normalized spacial score (nSPS) is 20.0. The SMILES string of the molecule is CN=C(NCc1ccnc(-n2cccn2)c1)N1CCSC2(CCCCC2)C1. The summed E-state index contributed by atoms with van der Waals surface area (Å²) in [5, 5.41) is 7.82. The predicted molar refractivity (Wildman–Crippen MR) is 111 cm³/mol. The van der Waals surface area contributed by atoms with Crippen LogP contribution >= 0.6 is 11.8 Å². The van der Waals surface area contributed by atoms with Gasteiger partial charge in [-0.2, -0.15) is 16.9 Å². The molecule has 1 saturated carbocycles. The first kappa shape index (κ1) is 18.3. The molecule has 3 heterocycles. The van der Waals surface area contributed by atoms with Crippen LogP contribution in [0.1, 0.15) is 37.7 Å². The summed E-state index contributed by atoms with van der Waals surface area (Å²) in [7, 11) is 1.89. The van der Waals surface area contributed by atoms with Crippen molar-refractivity contribution in [2.24, 2.45) is 4.99 Å². The lowest BCUT2D eigenvalue weighted by Gasteiger charge is -2.45. The molecule has 6 nitrogen and oxygen atoms in total. The molecule has 0 radical (unpaired) electrons. The van der Waals surface area contributed by atoms with Crippen LogP contribution in [0.4, 0.5) is 0 Å². The fourth-order valence-electron chi connectivity index (χ4n) is 4.14. The van der Waals surface area contributed by atoms with Crippen molar-refractivity contribution in [3.8, 4) is 5.82 Å². The molecule has 1 saturated heterocycles. The number of aromatic nitrogens is 3. The molecule has 1 aliphatic heterocycles. The summed E-state index contributed by atoms with van der Waals surface area (Å²) in [6, 6.07) is 6.02. The molecule has 0 amide bonds. The Morgan fingerprint density at radius 3 is 2.96 bits per heavy atom. The van der Waals surface area contributed by atoms with E-state index in [1.54, 1.807) is 10.9 Å². The van der Waals surface area contributed by atoms with Gasteiger partial charge in [-0.25, -0.2) is 9.67 Å². The summed E-state index contributed by atoms with van der Waals surface area (Å²) in [5.74, 6) is 3.04. The number of hydrogen-bond acceptors (Lipinski definition) is 4. The van der Waals surface area contributed by atoms with Crippen LogP contribution in [0.15, 0.2) is 41.8 Å². The number of rotatable bonds is 3. The van der Waals surface area contributed by atoms with Crippen LogP contribution in [0.5, 0.6) is 0 Å². The second-order valence-electron chi connectivity index (χ2n) is 7.39. The topological polar surface area (TPSA) is 58.3 Å². The van der Waals surface area contributed by atoms with E-state index in [0.717, 1.165) is 31.4 Å². The summed E-state index contributed by atoms with van der Waals surface area (Å²) >= 11 is 2.19. The third kappa shape index (κ3) is 4.29. The lowest BCUT2D eigenvalue weighted by atomic mass is 9.87. The number of aliphatic imine (C=N–C) groups is 1. The highest BCUT2D eigenvalue weighted by Crippen LogP contribution is 2.42. The Bertz CT molecular complexity index is 761. The van der Waals surface area contributed by atoms with Crippen LogP contribution in [0.3, 0.4) is 0 Å². The minimum Gasteiger partial charge on any atom is -0.352 e. The van der Waals surface area contributed by atoms with E-state index in [1.807, 2.05) is 31.6 Å². The van der Waals surface area contributed by atoms with Crippen molar-refractivity contribution in [3.63, 3.8) is 0 Å². The molecule has 7 heteroatoms. The van der Waals surface area contributed by atoms with Crippen molar-refractivity contribution >= 4 is 17.7 Å². The van der Waals surface area contributed by atoms with Gasteiger partial charge < -0.3 is 10.2 Å². The van der Waals surface area contributed by atoms with Crippen LogP contribution in [0.2, 0.25) is 0 Å². The zero-order chi connectivity index (χ0) is 18.5. The minimum atomic E-state index is 0.443. The Balaban J connectivity index is 1.40. The van der Waals surface area contributed by atoms with Crippen LogP contribution in [0.25, 0.3) is 5.82 Å². The molecule has 4 rings (SSSR count). The second kappa shape index (κ2) is 8.33. The lowest BCUT2D eigenvalue weighted by Crippen LogP contribution is -2.53. The highest BCUT2D eigenvalue weighted by molar-refractivity contribution is 8.00. The Hall–Kier alpha value is -2.02. The van der Waals surface area contributed by atoms with Crippen molar-refractivity contribution in [3.05, 3.63) is 42.4 Å². The van der Waals surface area contributed by atoms with E-state index >= 15 is 0 Å². The summed E-state index contributed by atoms with van der Waals surface area (Å²) in [6.07, 6.45) is 12.4. The average Bonchev–Trinajstić information content (AvgIpc) is 3.24. The van der Waals surface area contributed by atoms with E-state index < -0.39 is 0 Å². The average molecular weight is 385 g/mol. The third-order valence-electron chi connectivity index (χ3n) is 5.52. The number of hydrogen-bond donors (Lipinski definition) is 1. The molecule has 2 aromatic heterocycles. The molecule has 1 aliphatic carbocycles. The first-order valence-electron chi connectivity index (χ1n) is 9.83. The maximum atomic E-state index is 4.57. The zero-order valence-corrected chi connectivity index (χ0v) is 16.8. The molecule has 1 spiro atoms. The maximum absolute atomic E-state index is 4.57. The van der Waals surface area contributed by atoms with E-state index in [-0.39, 0.29) is 0 Å². The molecule has 0 bridgehead atoms. The first-order valence-corrected chi connectivity index (χ1v) is 10.8. The van der Waals surface area contributed by atoms with E-state index in [0.29, 0.717) is 4.75 Å². The van der Waals surface area contributed by atoms with Crippen molar-refractivity contribution in [2.75, 3.05) is 25.9 Å². The standard InChI is InChI=1S/C20H28N6S/c1-21-19(25-12-13-27-20(16-25)7-3-2-4-8-20)23-15-17-6-10-22-18(14-17)26-11-5-9-24-26/h5-6,9-11,14H,2-4,7-8,12-13,15-16H2,1H3,(H,21,23). The van der Waals surface area contributed by atoms with Gasteiger partial charge in [0.2, 0.25) is 0 Å². The van der Waals surface area contributed by atoms with E-state index in [2.05, 4.69) is 43.1 Å². The van der Waals surface area contributed by atoms with Gasteiger partial charge in [0, 0.05) is 55.8 Å². The highest BCUT2D eigenvalue weighted by atomic mass is 32.2. The maximum Gasteiger partial charge on any atom is 0.193 e. The van der Waals surface area contributed by atoms with Gasteiger partial charge in [-0.3, -0.25) is 4.99 Å². The molecular formula is C20H28N6S. The van der Waals surface area contributed by atoms with Crippen LogP contribution in [-0.2, 0) is 6.54 Å². The van der Waals surface area contributed by atoms with Gasteiger partial charge in [-0.05, 0) is 36.6 Å². The van der Waals surface area contributed by atoms with Crippen molar-refractivity contribution in [2.45, 2.75) is 43.4 Å². The lowest BCUT2D eigenvalue weighted by molar-refractivity contribution is 0.293. The van der Waals surface area contributed by atoms with Crippen molar-refractivity contribution in [1.82, 2.24) is 25.0 Å². The van der Waals surface area contributed by atoms with Gasteiger partial charge in [-0.1, -0.05) is 19.3 Å². The largest absolute Gasteiger partial charge is 0.352 e. The van der Waals surface area contributed by atoms with Crippen LogP contribution < -0.4 is 5.32 Å². The number of guanidine groups is 1. The second-order valence-corrected chi connectivity index (χ2v) is 8.95. The number of pyridine rings is 1. The van der Waals surface area contributed by atoms with E-state index in [4.69, 9.17) is 0 Å². The summed E-state index contributed by atoms with van der Waals surface area (Å²) < 4.78 is 2.23. The number of nitrogens with one attached hydrogen (secondary N) is 1. The first-order chi connectivity index (χ1) is 13.3. The molecule has 2 aliphatic rings. The Morgan fingerprint density at radius 2 is 2.19 bits per heavy atom. The minimum absolute atomic E-state index is 0.443. The number of thioether (sulfide) groups is 1. The molecular weight excluding hydrogens is 356 g/mol. The van der Waals surface area contributed by atoms with Gasteiger partial charge >= 0.3 is 0 Å². The predicted octanol–water partition coefficient (Wildman–Crippen LogP) is 3.09. The third-order valence-corrected chi connectivity index (χ3v) is 7.06. The van der Waals surface area contributed by atoms with Gasteiger partial charge in [-0.15, -0.1) is 0 Å². The summed E-state index contributed by atoms with van der Waals surface area (Å²) in [4.78, 5) is 11.4. The van der Waals surface area contributed by atoms with E-state index in [9.17, 15) is 0 Å². The zero-order valence-electron chi connectivity index (χ0n) is 16.0. The van der Waals surface area contributed by atoms with Gasteiger partial charge in [0.1, 0.15) is 0 Å². The monoisotopic (exact) mass is 384 g/mol. The van der Waals surface area contributed by atoms with E-state index in [1.165, 1.54) is 43.4 Å². The summed E-state index contributed by atoms with van der Waals surface area (Å²) in [5.41, 5.74) is 1.18. The Labute approximate surface area is 165 Å². The van der Waals surface area contributed by atoms with Crippen LogP contribution in [0, 0.1) is 0 Å². The molecule has 144 valence electrons. The molecule has 0 unspecified atom stereocenters. The van der Waals surface area contributed by atoms with Gasteiger partial charge in [0.15, 0.2) is 11.8 Å². The molecule has 2 fully saturated rings. The smallest absolute Gasteiger partial charge is 0.193 e. The number of nitrogens with zero attached hydrogens (tertiary/aromatic N) is 5. The van der Waals surface area contributed by atoms with Gasteiger partial charge in [0.05, 0.1) is 0 Å². The molecule has 2 aromatic rings. The van der Waals surface area contributed by atoms with Crippen molar-refractivity contribution in [1.29, 1.82) is 0 Å². The molecule has 0 atom stereocenters. The molecule has 27 heavy (non-hydrogen) atoms. The Morgan fingerprint density at radius 1 is 1.30 bits per heavy atom. The highest BCUT2D eigenvalue weighted by Gasteiger charge is 2.38. The van der Waals surface area contributed by atoms with Crippen molar-refractivity contribution < 1.29 is 0 Å².